The van der Waals surface area contributed by atoms with Crippen LogP contribution in [0.4, 0.5) is 5.69 Å². The Morgan fingerprint density at radius 3 is 2.51 bits per heavy atom. The van der Waals surface area contributed by atoms with Crippen LogP contribution in [0, 0.1) is 5.92 Å². The molecule has 0 radical (unpaired) electrons. The predicted molar refractivity (Wildman–Crippen MR) is 155 cm³/mol. The average Bonchev–Trinajstić information content (AvgIpc) is 3.22. The Morgan fingerprint density at radius 2 is 1.78 bits per heavy atom. The summed E-state index contributed by atoms with van der Waals surface area (Å²) >= 11 is 3.57. The molecule has 0 bridgehead atoms. The summed E-state index contributed by atoms with van der Waals surface area (Å²) in [6.07, 6.45) is 6.20. The van der Waals surface area contributed by atoms with Crippen LogP contribution in [0.5, 0.6) is 0 Å². The Balaban J connectivity index is 1.88. The van der Waals surface area contributed by atoms with Crippen molar-refractivity contribution in [3.05, 3.63) is 74.7 Å². The fourth-order valence-electron chi connectivity index (χ4n) is 5.34. The number of rotatable bonds is 7. The number of nitrogens with zero attached hydrogens (tertiary/aromatic N) is 1. The molecule has 1 atom stereocenters. The molecule has 0 aliphatic rings. The number of nitrogens with one attached hydrogen (secondary N) is 4. The molecule has 0 spiro atoms. The van der Waals surface area contributed by atoms with Gasteiger partial charge in [-0.05, 0) is 41.1 Å². The van der Waals surface area contributed by atoms with E-state index >= 15 is 0 Å². The first-order valence-corrected chi connectivity index (χ1v) is 13.4. The fraction of sp³-hybridized carbons (Fsp3) is 0.310. The normalized spacial score (nSPS) is 13.9. The lowest BCUT2D eigenvalue weighted by molar-refractivity contribution is -0.871. The summed E-state index contributed by atoms with van der Waals surface area (Å²) in [5.41, 5.74) is 4.69. The molecule has 8 heteroatoms. The van der Waals surface area contributed by atoms with Gasteiger partial charge in [0.05, 0.1) is 40.0 Å². The van der Waals surface area contributed by atoms with Gasteiger partial charge in [0, 0.05) is 50.4 Å². The fourth-order valence-corrected chi connectivity index (χ4v) is 5.70. The molecule has 5 N–H and O–H groups in total. The average molecular weight is 565 g/mol. The van der Waals surface area contributed by atoms with E-state index in [0.29, 0.717) is 28.7 Å². The number of benzene rings is 2. The van der Waals surface area contributed by atoms with Gasteiger partial charge < -0.3 is 24.5 Å². The van der Waals surface area contributed by atoms with Crippen LogP contribution in [0.2, 0.25) is 0 Å². The first-order valence-electron chi connectivity index (χ1n) is 12.6. The molecule has 37 heavy (non-hydrogen) atoms. The Hall–Kier alpha value is -3.36. The van der Waals surface area contributed by atoms with Gasteiger partial charge in [-0.15, -0.1) is 0 Å². The minimum atomic E-state index is -0.189. The van der Waals surface area contributed by atoms with Gasteiger partial charge in [0.25, 0.3) is 11.1 Å². The van der Waals surface area contributed by atoms with Gasteiger partial charge in [0.15, 0.2) is 0 Å². The molecular weight excluding hydrogens is 530 g/mol. The smallest absolute Gasteiger partial charge is 0.338 e. The Bertz CT molecular complexity index is 1700. The number of hydrogen-bond donors (Lipinski definition) is 5. The molecule has 0 aliphatic heterocycles. The lowest BCUT2D eigenvalue weighted by Crippen LogP contribution is -2.69. The summed E-state index contributed by atoms with van der Waals surface area (Å²) in [7, 11) is 6.44. The van der Waals surface area contributed by atoms with E-state index in [1.54, 1.807) is 0 Å². The van der Waals surface area contributed by atoms with Crippen LogP contribution in [-0.2, 0) is 0 Å². The highest BCUT2D eigenvalue weighted by atomic mass is 79.9. The SMILES string of the molecule is CC(C)CC(O)=[NH+]c1c(=O)c(C(C[N+](C)(C)C)c2c[nH]c3cc(Br)ccc23)c2cc[nH]c3cc[nH]c1c32. The lowest BCUT2D eigenvalue weighted by atomic mass is 9.85. The highest BCUT2D eigenvalue weighted by Gasteiger charge is 2.32. The van der Waals surface area contributed by atoms with Crippen LogP contribution in [0.1, 0.15) is 37.3 Å². The van der Waals surface area contributed by atoms with Gasteiger partial charge in [-0.25, -0.2) is 0 Å². The van der Waals surface area contributed by atoms with Crippen LogP contribution in [-0.4, -0.2) is 58.1 Å². The van der Waals surface area contributed by atoms with Crippen LogP contribution in [0.3, 0.4) is 0 Å². The van der Waals surface area contributed by atoms with Gasteiger partial charge in [-0.1, -0.05) is 35.8 Å². The summed E-state index contributed by atoms with van der Waals surface area (Å²) in [5, 5.41) is 13.7. The number of H-pyrrole nitrogens is 3. The maximum absolute atomic E-state index is 14.4. The standard InChI is InChI=1S/C29H32BrN5O2/c1-16(2)12-24(36)34-28-27-26-19(8-10-31-22(26)9-11-32-27)25(29(28)37)21(15-35(3,4)5)20-14-33-23-13-17(30)6-7-18(20)23/h6-11,13-14,16,21,33H,12,15H2,1-5H3,(H2-,31,32,34,36,37)/p+2. The molecule has 2 aromatic carbocycles. The van der Waals surface area contributed by atoms with Crippen LogP contribution < -0.4 is 10.4 Å². The number of pyridine rings is 2. The van der Waals surface area contributed by atoms with E-state index in [2.05, 4.69) is 69.2 Å². The monoisotopic (exact) mass is 563 g/mol. The van der Waals surface area contributed by atoms with E-state index in [0.717, 1.165) is 42.8 Å². The maximum atomic E-state index is 14.4. The number of aromatic amines is 3. The van der Waals surface area contributed by atoms with Crippen LogP contribution >= 0.6 is 15.9 Å². The second kappa shape index (κ2) is 9.50. The maximum Gasteiger partial charge on any atom is 0.338 e. The summed E-state index contributed by atoms with van der Waals surface area (Å²) in [6, 6.07) is 10.2. The zero-order valence-electron chi connectivity index (χ0n) is 21.9. The summed E-state index contributed by atoms with van der Waals surface area (Å²) < 4.78 is 1.67. The van der Waals surface area contributed by atoms with Crippen molar-refractivity contribution in [1.29, 1.82) is 0 Å². The highest BCUT2D eigenvalue weighted by Crippen LogP contribution is 2.37. The molecule has 0 fully saturated rings. The number of aromatic nitrogens is 3. The third-order valence-corrected chi connectivity index (χ3v) is 7.26. The molecule has 3 heterocycles. The number of aliphatic hydroxyl groups is 1. The molecular formula is C29H34BrN5O2+2. The minimum absolute atomic E-state index is 0.0894. The van der Waals surface area contributed by atoms with E-state index in [4.69, 9.17) is 0 Å². The molecule has 1 unspecified atom stereocenters. The van der Waals surface area contributed by atoms with E-state index in [-0.39, 0.29) is 23.2 Å². The lowest BCUT2D eigenvalue weighted by Gasteiger charge is -2.30. The third kappa shape index (κ3) is 4.83. The number of likely N-dealkylation sites (N-methyl/N-ethyl adjacent to an activating group) is 1. The Labute approximate surface area is 224 Å². The first kappa shape index (κ1) is 25.3. The van der Waals surface area contributed by atoms with E-state index in [1.807, 2.05) is 50.6 Å². The third-order valence-electron chi connectivity index (χ3n) is 6.77. The van der Waals surface area contributed by atoms with E-state index < -0.39 is 0 Å². The summed E-state index contributed by atoms with van der Waals surface area (Å²) in [4.78, 5) is 27.6. The molecule has 7 nitrogen and oxygen atoms in total. The zero-order valence-corrected chi connectivity index (χ0v) is 23.5. The molecule has 5 aromatic rings. The van der Waals surface area contributed by atoms with Gasteiger partial charge in [-0.3, -0.25) is 4.79 Å². The molecule has 0 saturated carbocycles. The van der Waals surface area contributed by atoms with Crippen molar-refractivity contribution in [1.82, 2.24) is 15.0 Å². The van der Waals surface area contributed by atoms with Crippen molar-refractivity contribution in [2.24, 2.45) is 5.92 Å². The van der Waals surface area contributed by atoms with E-state index in [9.17, 15) is 9.90 Å². The molecule has 3 aromatic heterocycles. The van der Waals surface area contributed by atoms with Crippen molar-refractivity contribution < 1.29 is 14.6 Å². The Kier molecular flexibility index (Phi) is 6.50. The second-order valence-corrected chi connectivity index (χ2v) is 12.2. The molecule has 192 valence electrons. The van der Waals surface area contributed by atoms with Crippen molar-refractivity contribution in [3.63, 3.8) is 0 Å². The number of halogens is 1. The molecule has 5 rings (SSSR count). The van der Waals surface area contributed by atoms with Gasteiger partial charge >= 0.3 is 5.90 Å². The zero-order chi connectivity index (χ0) is 26.5. The largest absolute Gasteiger partial charge is 0.463 e. The van der Waals surface area contributed by atoms with Crippen molar-refractivity contribution >= 4 is 60.2 Å². The molecule has 0 saturated heterocycles. The van der Waals surface area contributed by atoms with Gasteiger partial charge in [0.2, 0.25) is 0 Å². The summed E-state index contributed by atoms with van der Waals surface area (Å²) in [5.74, 6) is 0.143. The minimum Gasteiger partial charge on any atom is -0.463 e. The quantitative estimate of drug-likeness (QED) is 0.111. The molecule has 0 amide bonds. The number of fused-ring (bicyclic) bond motifs is 1. The van der Waals surface area contributed by atoms with Gasteiger partial charge in [-0.2, -0.15) is 4.99 Å². The highest BCUT2D eigenvalue weighted by molar-refractivity contribution is 9.10. The van der Waals surface area contributed by atoms with Crippen molar-refractivity contribution in [2.45, 2.75) is 26.2 Å². The summed E-state index contributed by atoms with van der Waals surface area (Å²) in [6.45, 7) is 4.78. The second-order valence-electron chi connectivity index (χ2n) is 11.3. The first-order chi connectivity index (χ1) is 17.5. The Morgan fingerprint density at radius 1 is 1.03 bits per heavy atom. The molecule has 0 aliphatic carbocycles. The van der Waals surface area contributed by atoms with E-state index in [1.165, 1.54) is 0 Å². The predicted octanol–water partition coefficient (Wildman–Crippen LogP) is 4.81. The van der Waals surface area contributed by atoms with Gasteiger partial charge in [0.1, 0.15) is 5.52 Å². The van der Waals surface area contributed by atoms with Crippen LogP contribution in [0.25, 0.3) is 32.7 Å². The number of hydrogen-bond acceptors (Lipinski definition) is 1. The topological polar surface area (TPSA) is 98.6 Å². The number of aliphatic hydroxyl groups excluding tert-OH is 1. The number of quaternary nitrogens is 1. The van der Waals surface area contributed by atoms with Crippen molar-refractivity contribution in [3.8, 4) is 0 Å². The van der Waals surface area contributed by atoms with Crippen LogP contribution in [0.15, 0.2) is 58.2 Å². The van der Waals surface area contributed by atoms with Crippen molar-refractivity contribution in [2.75, 3.05) is 27.7 Å².